The molecule has 0 unspecified atom stereocenters. The van der Waals surface area contributed by atoms with Crippen LogP contribution in [-0.4, -0.2) is 24.6 Å². The molecule has 8 heteroatoms. The Bertz CT molecular complexity index is 958. The zero-order valence-electron chi connectivity index (χ0n) is 15.0. The molecule has 8 nitrogen and oxygen atoms in total. The van der Waals surface area contributed by atoms with Crippen molar-refractivity contribution in [3.63, 3.8) is 0 Å². The minimum absolute atomic E-state index is 0.0139. The van der Waals surface area contributed by atoms with Crippen molar-refractivity contribution in [3.05, 3.63) is 76.4 Å². The highest BCUT2D eigenvalue weighted by atomic mass is 16.6. The zero-order valence-corrected chi connectivity index (χ0v) is 15.0. The van der Waals surface area contributed by atoms with Gasteiger partial charge in [0.25, 0.3) is 0 Å². The Labute approximate surface area is 161 Å². The van der Waals surface area contributed by atoms with Crippen LogP contribution in [0.1, 0.15) is 5.56 Å². The maximum Gasteiger partial charge on any atom is 0.349 e. The van der Waals surface area contributed by atoms with Gasteiger partial charge in [0.2, 0.25) is 5.75 Å². The van der Waals surface area contributed by atoms with Gasteiger partial charge in [0.1, 0.15) is 29.7 Å². The largest absolute Gasteiger partial charge is 0.497 e. The second-order valence-electron chi connectivity index (χ2n) is 5.32. The summed E-state index contributed by atoms with van der Waals surface area (Å²) < 4.78 is 15.4. The van der Waals surface area contributed by atoms with Crippen LogP contribution in [0.15, 0.2) is 60.7 Å². The normalized spacial score (nSPS) is 10.5. The quantitative estimate of drug-likeness (QED) is 0.170. The molecule has 2 rings (SSSR count). The molecular weight excluding hydrogens is 364 g/mol. The first-order valence-electron chi connectivity index (χ1n) is 7.98. The summed E-state index contributed by atoms with van der Waals surface area (Å²) in [6.45, 7) is 3.36. The van der Waals surface area contributed by atoms with E-state index in [-0.39, 0.29) is 29.2 Å². The molecule has 0 saturated heterocycles. The smallest absolute Gasteiger partial charge is 0.349 e. The van der Waals surface area contributed by atoms with Gasteiger partial charge >= 0.3 is 11.7 Å². The summed E-state index contributed by atoms with van der Waals surface area (Å²) in [5.74, 6) is 0.177. The van der Waals surface area contributed by atoms with Crippen LogP contribution in [0.3, 0.4) is 0 Å². The van der Waals surface area contributed by atoms with Crippen LogP contribution in [0.5, 0.6) is 17.2 Å². The van der Waals surface area contributed by atoms with Crippen molar-refractivity contribution in [2.24, 2.45) is 0 Å². The highest BCUT2D eigenvalue weighted by molar-refractivity contribution is 5.98. The molecule has 0 aliphatic rings. The Balaban J connectivity index is 2.32. The van der Waals surface area contributed by atoms with Gasteiger partial charge in [-0.2, -0.15) is 5.26 Å². The van der Waals surface area contributed by atoms with Gasteiger partial charge in [0, 0.05) is 6.07 Å². The van der Waals surface area contributed by atoms with E-state index in [0.717, 1.165) is 0 Å². The lowest BCUT2D eigenvalue weighted by atomic mass is 10.1. The van der Waals surface area contributed by atoms with Crippen LogP contribution in [0.25, 0.3) is 6.08 Å². The lowest BCUT2D eigenvalue weighted by Gasteiger charge is -2.08. The fourth-order valence-electron chi connectivity index (χ4n) is 2.14. The molecule has 0 aromatic heterocycles. The highest BCUT2D eigenvalue weighted by Gasteiger charge is 2.18. The third-order valence-corrected chi connectivity index (χ3v) is 3.45. The maximum atomic E-state index is 11.8. The van der Waals surface area contributed by atoms with Crippen molar-refractivity contribution in [3.8, 4) is 23.3 Å². The number of carbonyl (C=O) groups excluding carboxylic acids is 1. The Morgan fingerprint density at radius 2 is 1.93 bits per heavy atom. The van der Waals surface area contributed by atoms with Crippen molar-refractivity contribution in [1.82, 2.24) is 0 Å². The molecule has 0 amide bonds. The molecule has 0 saturated carbocycles. The van der Waals surface area contributed by atoms with Crippen LogP contribution in [-0.2, 0) is 9.53 Å². The van der Waals surface area contributed by atoms with E-state index in [1.165, 1.54) is 37.5 Å². The van der Waals surface area contributed by atoms with Crippen molar-refractivity contribution in [2.75, 3.05) is 13.7 Å². The molecule has 0 aliphatic carbocycles. The molecule has 0 radical (unpaired) electrons. The number of nitriles is 1. The molecule has 0 heterocycles. The molecule has 2 aromatic carbocycles. The van der Waals surface area contributed by atoms with Gasteiger partial charge in [-0.1, -0.05) is 18.7 Å². The number of nitro benzene ring substituents is 1. The molecule has 0 N–H and O–H groups in total. The molecule has 0 fully saturated rings. The molecule has 0 spiro atoms. The number of nitro groups is 1. The number of hydrogen-bond acceptors (Lipinski definition) is 7. The first kappa shape index (κ1) is 20.2. The zero-order chi connectivity index (χ0) is 20.5. The predicted molar refractivity (Wildman–Crippen MR) is 101 cm³/mol. The topological polar surface area (TPSA) is 112 Å². The van der Waals surface area contributed by atoms with E-state index < -0.39 is 10.9 Å². The summed E-state index contributed by atoms with van der Waals surface area (Å²) in [7, 11) is 1.52. The standard InChI is InChI=1S/C20H16N2O6/c1-3-10-27-20(23)15(13-21)11-14-4-9-19(18(12-14)22(24)25)28-17-7-5-16(26-2)6-8-17/h3-9,11-12H,1,10H2,2H3/b15-11+. The number of methoxy groups -OCH3 is 1. The summed E-state index contributed by atoms with van der Waals surface area (Å²) in [4.78, 5) is 22.6. The van der Waals surface area contributed by atoms with Gasteiger partial charge in [-0.3, -0.25) is 10.1 Å². The van der Waals surface area contributed by atoms with Crippen molar-refractivity contribution >= 4 is 17.7 Å². The SMILES string of the molecule is C=CCOC(=O)/C(C#N)=C/c1ccc(Oc2ccc(OC)cc2)c([N+](=O)[O-])c1. The van der Waals surface area contributed by atoms with Crippen LogP contribution < -0.4 is 9.47 Å². The van der Waals surface area contributed by atoms with E-state index in [2.05, 4.69) is 6.58 Å². The van der Waals surface area contributed by atoms with Crippen LogP contribution in [0.4, 0.5) is 5.69 Å². The summed E-state index contributed by atoms with van der Waals surface area (Å²) >= 11 is 0. The van der Waals surface area contributed by atoms with Crippen LogP contribution in [0, 0.1) is 21.4 Å². The van der Waals surface area contributed by atoms with E-state index in [0.29, 0.717) is 11.5 Å². The van der Waals surface area contributed by atoms with E-state index in [1.54, 1.807) is 30.3 Å². The minimum Gasteiger partial charge on any atom is -0.497 e. The summed E-state index contributed by atoms with van der Waals surface area (Å²) in [6.07, 6.45) is 2.57. The fourth-order valence-corrected chi connectivity index (χ4v) is 2.14. The summed E-state index contributed by atoms with van der Waals surface area (Å²) in [5.41, 5.74) is -0.331. The number of benzene rings is 2. The number of hydrogen-bond donors (Lipinski definition) is 0. The van der Waals surface area contributed by atoms with Gasteiger partial charge in [-0.25, -0.2) is 4.79 Å². The first-order chi connectivity index (χ1) is 13.5. The van der Waals surface area contributed by atoms with Crippen molar-refractivity contribution in [1.29, 1.82) is 5.26 Å². The van der Waals surface area contributed by atoms with Gasteiger partial charge in [-0.05, 0) is 42.0 Å². The highest BCUT2D eigenvalue weighted by Crippen LogP contribution is 2.33. The van der Waals surface area contributed by atoms with Crippen LogP contribution >= 0.6 is 0 Å². The molecule has 28 heavy (non-hydrogen) atoms. The van der Waals surface area contributed by atoms with Crippen molar-refractivity contribution in [2.45, 2.75) is 0 Å². The Morgan fingerprint density at radius 3 is 2.50 bits per heavy atom. The molecular formula is C20H16N2O6. The minimum atomic E-state index is -0.844. The second-order valence-corrected chi connectivity index (χ2v) is 5.32. The number of ether oxygens (including phenoxy) is 3. The van der Waals surface area contributed by atoms with Gasteiger partial charge in [0.15, 0.2) is 0 Å². The van der Waals surface area contributed by atoms with E-state index >= 15 is 0 Å². The Morgan fingerprint density at radius 1 is 1.25 bits per heavy atom. The molecule has 0 aliphatic heterocycles. The van der Waals surface area contributed by atoms with E-state index in [1.807, 2.05) is 0 Å². The van der Waals surface area contributed by atoms with E-state index in [9.17, 15) is 14.9 Å². The Kier molecular flexibility index (Phi) is 6.88. The number of rotatable bonds is 8. The fraction of sp³-hybridized carbons (Fsp3) is 0.100. The van der Waals surface area contributed by atoms with Gasteiger partial charge in [-0.15, -0.1) is 0 Å². The van der Waals surface area contributed by atoms with Crippen LogP contribution in [0.2, 0.25) is 0 Å². The third kappa shape index (κ3) is 5.19. The average Bonchev–Trinajstić information content (AvgIpc) is 2.71. The van der Waals surface area contributed by atoms with Gasteiger partial charge < -0.3 is 14.2 Å². The summed E-state index contributed by atoms with van der Waals surface area (Å²) in [5, 5.41) is 20.5. The lowest BCUT2D eigenvalue weighted by Crippen LogP contribution is -2.06. The third-order valence-electron chi connectivity index (χ3n) is 3.45. The average molecular weight is 380 g/mol. The number of nitrogens with zero attached hydrogens (tertiary/aromatic N) is 2. The number of carbonyl (C=O) groups is 1. The lowest BCUT2D eigenvalue weighted by molar-refractivity contribution is -0.385. The van der Waals surface area contributed by atoms with E-state index in [4.69, 9.17) is 19.5 Å². The van der Waals surface area contributed by atoms with Gasteiger partial charge in [0.05, 0.1) is 12.0 Å². The number of esters is 1. The first-order valence-corrected chi connectivity index (χ1v) is 7.98. The molecule has 0 bridgehead atoms. The molecule has 142 valence electrons. The second kappa shape index (κ2) is 9.54. The summed E-state index contributed by atoms with van der Waals surface area (Å²) in [6, 6.07) is 12.3. The predicted octanol–water partition coefficient (Wildman–Crippen LogP) is 4.03. The molecule has 2 aromatic rings. The molecule has 0 atom stereocenters. The van der Waals surface area contributed by atoms with Crippen molar-refractivity contribution < 1.29 is 23.9 Å². The monoisotopic (exact) mass is 380 g/mol. The maximum absolute atomic E-state index is 11.8. The Hall–Kier alpha value is -4.12.